The normalized spacial score (nSPS) is 11.7. The lowest BCUT2D eigenvalue weighted by atomic mass is 10.2. The molecule has 0 aliphatic heterocycles. The quantitative estimate of drug-likeness (QED) is 0.841. The molecule has 0 fully saturated rings. The second kappa shape index (κ2) is 6.01. The molecule has 1 aromatic rings. The Kier molecular flexibility index (Phi) is 4.88. The van der Waals surface area contributed by atoms with Gasteiger partial charge in [0.2, 0.25) is 0 Å². The van der Waals surface area contributed by atoms with Gasteiger partial charge in [-0.25, -0.2) is 8.78 Å². The van der Waals surface area contributed by atoms with Crippen LogP contribution in [0.15, 0.2) is 24.3 Å². The molecule has 1 aromatic carbocycles. The second-order valence-electron chi connectivity index (χ2n) is 3.84. The molecular weight excluding hydrogens is 264 g/mol. The highest BCUT2D eigenvalue weighted by atomic mass is 19.3. The van der Waals surface area contributed by atoms with E-state index in [0.29, 0.717) is 4.90 Å². The lowest BCUT2D eigenvalue weighted by molar-refractivity contribution is -0.166. The van der Waals surface area contributed by atoms with Gasteiger partial charge >= 0.3 is 18.3 Å². The van der Waals surface area contributed by atoms with Gasteiger partial charge in [0, 0.05) is 18.8 Å². The van der Waals surface area contributed by atoms with E-state index in [1.54, 1.807) is 12.1 Å². The zero-order valence-electron chi connectivity index (χ0n) is 10.2. The van der Waals surface area contributed by atoms with Crippen molar-refractivity contribution in [3.63, 3.8) is 0 Å². The van der Waals surface area contributed by atoms with Gasteiger partial charge in [-0.15, -0.1) is 0 Å². The third-order valence-electron chi connectivity index (χ3n) is 2.60. The van der Waals surface area contributed by atoms with Gasteiger partial charge in [0.25, 0.3) is 0 Å². The maximum absolute atomic E-state index is 13.0. The first-order valence-electron chi connectivity index (χ1n) is 5.61. The number of rotatable bonds is 5. The van der Waals surface area contributed by atoms with E-state index in [-0.39, 0.29) is 18.8 Å². The Bertz CT molecular complexity index is 434. The van der Waals surface area contributed by atoms with E-state index in [0.717, 1.165) is 5.56 Å². The van der Waals surface area contributed by atoms with Crippen LogP contribution in [0.5, 0.6) is 0 Å². The molecule has 0 aromatic heterocycles. The number of anilines is 1. The first-order valence-corrected chi connectivity index (χ1v) is 5.61. The van der Waals surface area contributed by atoms with Crippen LogP contribution in [0.2, 0.25) is 0 Å². The summed E-state index contributed by atoms with van der Waals surface area (Å²) in [5, 5.41) is 0. The summed E-state index contributed by atoms with van der Waals surface area (Å²) in [7, 11) is 0. The number of amides is 1. The number of hydrogen-bond acceptors (Lipinski definition) is 2. The molecule has 0 saturated heterocycles. The minimum Gasteiger partial charge on any atom is -0.326 e. The molecule has 0 unspecified atom stereocenters. The van der Waals surface area contributed by atoms with E-state index in [2.05, 4.69) is 0 Å². The second-order valence-corrected chi connectivity index (χ2v) is 3.84. The number of halogens is 4. The molecule has 19 heavy (non-hydrogen) atoms. The number of alkyl halides is 4. The summed E-state index contributed by atoms with van der Waals surface area (Å²) >= 11 is 0. The minimum atomic E-state index is -4.69. The van der Waals surface area contributed by atoms with E-state index in [4.69, 9.17) is 5.73 Å². The average Bonchev–Trinajstić information content (AvgIpc) is 2.40. The molecule has 0 radical (unpaired) electrons. The van der Waals surface area contributed by atoms with Crippen molar-refractivity contribution in [3.8, 4) is 0 Å². The molecule has 0 atom stereocenters. The molecule has 7 heteroatoms. The van der Waals surface area contributed by atoms with Crippen molar-refractivity contribution in [3.05, 3.63) is 29.8 Å². The van der Waals surface area contributed by atoms with Crippen molar-refractivity contribution < 1.29 is 22.4 Å². The minimum absolute atomic E-state index is 0.130. The number of hydrogen-bond donors (Lipinski definition) is 1. The summed E-state index contributed by atoms with van der Waals surface area (Å²) in [5.41, 5.74) is 6.25. The number of carbonyl (C=O) groups excluding carboxylic acids is 1. The van der Waals surface area contributed by atoms with Gasteiger partial charge in [0.05, 0.1) is 0 Å². The number of nitrogens with zero attached hydrogens (tertiary/aromatic N) is 1. The van der Waals surface area contributed by atoms with E-state index in [1.165, 1.54) is 19.1 Å². The predicted octanol–water partition coefficient (Wildman–Crippen LogP) is 2.40. The van der Waals surface area contributed by atoms with Gasteiger partial charge in [-0.1, -0.05) is 12.1 Å². The van der Waals surface area contributed by atoms with Crippen LogP contribution in [0.1, 0.15) is 12.5 Å². The van der Waals surface area contributed by atoms with E-state index in [1.807, 2.05) is 0 Å². The topological polar surface area (TPSA) is 46.3 Å². The fourth-order valence-electron chi connectivity index (χ4n) is 1.53. The molecule has 106 valence electrons. The van der Waals surface area contributed by atoms with Crippen molar-refractivity contribution in [1.82, 2.24) is 0 Å². The third kappa shape index (κ3) is 3.23. The van der Waals surface area contributed by atoms with Gasteiger partial charge < -0.3 is 10.6 Å². The van der Waals surface area contributed by atoms with E-state index < -0.39 is 18.3 Å². The Morgan fingerprint density at radius 1 is 1.32 bits per heavy atom. The number of nitrogens with two attached hydrogens (primary N) is 1. The predicted molar refractivity (Wildman–Crippen MR) is 63.3 cm³/mol. The van der Waals surface area contributed by atoms with Gasteiger partial charge in [0.15, 0.2) is 0 Å². The van der Waals surface area contributed by atoms with Crippen molar-refractivity contribution in [2.24, 2.45) is 5.73 Å². The smallest absolute Gasteiger partial charge is 0.326 e. The number of carbonyl (C=O) groups is 1. The molecular formula is C12H14F4N2O. The zero-order valence-corrected chi connectivity index (χ0v) is 10.2. The van der Waals surface area contributed by atoms with Crippen LogP contribution in [0.25, 0.3) is 0 Å². The Morgan fingerprint density at radius 3 is 2.21 bits per heavy atom. The lowest BCUT2D eigenvalue weighted by Crippen LogP contribution is -2.47. The maximum Gasteiger partial charge on any atom is 0.384 e. The van der Waals surface area contributed by atoms with Crippen molar-refractivity contribution in [2.45, 2.75) is 25.8 Å². The summed E-state index contributed by atoms with van der Waals surface area (Å²) in [6.07, 6.45) is -4.03. The van der Waals surface area contributed by atoms with Crippen molar-refractivity contribution >= 4 is 11.6 Å². The highest BCUT2D eigenvalue weighted by molar-refractivity contribution is 5.98. The molecule has 0 heterocycles. The van der Waals surface area contributed by atoms with Crippen LogP contribution >= 0.6 is 0 Å². The van der Waals surface area contributed by atoms with Crippen LogP contribution in [0.3, 0.4) is 0 Å². The summed E-state index contributed by atoms with van der Waals surface area (Å²) in [4.78, 5) is 12.1. The third-order valence-corrected chi connectivity index (χ3v) is 2.60. The van der Waals surface area contributed by atoms with Gasteiger partial charge in [0.1, 0.15) is 0 Å². The number of benzene rings is 1. The first kappa shape index (κ1) is 15.4. The van der Waals surface area contributed by atoms with Gasteiger partial charge in [-0.2, -0.15) is 8.78 Å². The molecule has 1 amide bonds. The summed E-state index contributed by atoms with van der Waals surface area (Å²) in [5.74, 6) is -6.60. The molecule has 2 N–H and O–H groups in total. The largest absolute Gasteiger partial charge is 0.384 e. The lowest BCUT2D eigenvalue weighted by Gasteiger charge is -2.25. The van der Waals surface area contributed by atoms with Crippen LogP contribution in [-0.2, 0) is 11.3 Å². The van der Waals surface area contributed by atoms with Gasteiger partial charge in [-0.3, -0.25) is 4.79 Å². The highest BCUT2D eigenvalue weighted by Crippen LogP contribution is 2.28. The zero-order chi connectivity index (χ0) is 14.6. The molecule has 0 spiro atoms. The maximum atomic E-state index is 13.0. The summed E-state index contributed by atoms with van der Waals surface area (Å²) < 4.78 is 50.5. The monoisotopic (exact) mass is 278 g/mol. The Hall–Kier alpha value is -1.63. The first-order chi connectivity index (χ1) is 8.84. The molecule has 0 saturated carbocycles. The van der Waals surface area contributed by atoms with Crippen LogP contribution in [0, 0.1) is 0 Å². The highest BCUT2D eigenvalue weighted by Gasteiger charge is 2.51. The fraction of sp³-hybridized carbons (Fsp3) is 0.417. The molecule has 0 aliphatic carbocycles. The fourth-order valence-corrected chi connectivity index (χ4v) is 1.53. The van der Waals surface area contributed by atoms with Crippen molar-refractivity contribution in [1.29, 1.82) is 0 Å². The SMILES string of the molecule is CCN(C(=O)C(F)(F)C(F)F)c1ccc(CN)cc1. The van der Waals surface area contributed by atoms with Crippen molar-refractivity contribution in [2.75, 3.05) is 11.4 Å². The molecule has 0 aliphatic rings. The van der Waals surface area contributed by atoms with E-state index >= 15 is 0 Å². The van der Waals surface area contributed by atoms with Crippen LogP contribution < -0.4 is 10.6 Å². The summed E-state index contributed by atoms with van der Waals surface area (Å²) in [6, 6.07) is 5.88. The molecule has 3 nitrogen and oxygen atoms in total. The molecule has 0 bridgehead atoms. The standard InChI is InChI=1S/C12H14F4N2O/c1-2-18(11(19)12(15,16)10(13)14)9-5-3-8(7-17)4-6-9/h3-6,10H,2,7,17H2,1H3. The van der Waals surface area contributed by atoms with Crippen LogP contribution in [0.4, 0.5) is 23.2 Å². The molecule has 1 rings (SSSR count). The Balaban J connectivity index is 3.02. The van der Waals surface area contributed by atoms with E-state index in [9.17, 15) is 22.4 Å². The Morgan fingerprint density at radius 2 is 1.84 bits per heavy atom. The van der Waals surface area contributed by atoms with Gasteiger partial charge in [-0.05, 0) is 24.6 Å². The summed E-state index contributed by atoms with van der Waals surface area (Å²) in [6.45, 7) is 1.55. The average molecular weight is 278 g/mol. The Labute approximate surface area is 108 Å². The van der Waals surface area contributed by atoms with Crippen LogP contribution in [-0.4, -0.2) is 24.8 Å².